The molecule has 1 aromatic rings. The first-order valence-electron chi connectivity index (χ1n) is 9.21. The number of ether oxygens (including phenoxy) is 2. The fraction of sp³-hybridized carbons (Fsp3) is 0.526. The number of morpholine rings is 1. The maximum absolute atomic E-state index is 12.2. The van der Waals surface area contributed by atoms with Crippen molar-refractivity contribution in [1.29, 1.82) is 0 Å². The van der Waals surface area contributed by atoms with Crippen molar-refractivity contribution >= 4 is 29.2 Å². The molecule has 0 bridgehead atoms. The van der Waals surface area contributed by atoms with Crippen LogP contribution < -0.4 is 21.3 Å². The minimum atomic E-state index is -0.689. The van der Waals surface area contributed by atoms with Crippen LogP contribution in [-0.4, -0.2) is 63.8 Å². The molecule has 1 saturated heterocycles. The first-order chi connectivity index (χ1) is 13.3. The Morgan fingerprint density at radius 1 is 1.25 bits per heavy atom. The Balaban J connectivity index is 2.07. The lowest BCUT2D eigenvalue weighted by molar-refractivity contribution is -0.125. The number of methoxy groups -OCH3 is 1. The summed E-state index contributed by atoms with van der Waals surface area (Å²) < 4.78 is 10.2. The van der Waals surface area contributed by atoms with Gasteiger partial charge in [0, 0.05) is 18.8 Å². The van der Waals surface area contributed by atoms with Gasteiger partial charge in [0.2, 0.25) is 11.8 Å². The molecular formula is C19H28N4O5. The summed E-state index contributed by atoms with van der Waals surface area (Å²) in [4.78, 5) is 38.4. The van der Waals surface area contributed by atoms with Gasteiger partial charge in [-0.15, -0.1) is 0 Å². The van der Waals surface area contributed by atoms with Crippen molar-refractivity contribution < 1.29 is 23.9 Å². The molecule has 1 fully saturated rings. The number of nitrogens with two attached hydrogens (primary N) is 1. The molecule has 1 aliphatic rings. The number of amides is 2. The van der Waals surface area contributed by atoms with Gasteiger partial charge in [-0.05, 0) is 24.1 Å². The highest BCUT2D eigenvalue weighted by molar-refractivity contribution is 6.03. The molecule has 1 aromatic carbocycles. The SMILES string of the molecule is COC(=O)c1cc(N2CCOCC2)ccc1NC(=O)CNC(=O)[C@@H](N)C(C)C. The van der Waals surface area contributed by atoms with E-state index in [1.54, 1.807) is 12.1 Å². The molecule has 1 heterocycles. The summed E-state index contributed by atoms with van der Waals surface area (Å²) in [7, 11) is 1.28. The predicted octanol–water partition coefficient (Wildman–Crippen LogP) is 0.348. The second kappa shape index (κ2) is 10.0. The number of benzene rings is 1. The zero-order valence-electron chi connectivity index (χ0n) is 16.5. The third-order valence-corrected chi connectivity index (χ3v) is 4.50. The molecule has 9 heteroatoms. The summed E-state index contributed by atoms with van der Waals surface area (Å²) in [6.45, 7) is 6.06. The number of esters is 1. The molecule has 0 saturated carbocycles. The average molecular weight is 392 g/mol. The van der Waals surface area contributed by atoms with E-state index in [4.69, 9.17) is 15.2 Å². The Labute approximate surface area is 164 Å². The third-order valence-electron chi connectivity index (χ3n) is 4.50. The Bertz CT molecular complexity index is 716. The number of hydrogen-bond donors (Lipinski definition) is 3. The van der Waals surface area contributed by atoms with Crippen molar-refractivity contribution in [3.8, 4) is 0 Å². The van der Waals surface area contributed by atoms with Crippen LogP contribution in [-0.2, 0) is 19.1 Å². The molecule has 4 N–H and O–H groups in total. The molecule has 9 nitrogen and oxygen atoms in total. The van der Waals surface area contributed by atoms with E-state index in [0.29, 0.717) is 32.0 Å². The summed E-state index contributed by atoms with van der Waals surface area (Å²) in [5.74, 6) is -1.47. The Morgan fingerprint density at radius 2 is 1.93 bits per heavy atom. The minimum Gasteiger partial charge on any atom is -0.465 e. The van der Waals surface area contributed by atoms with Crippen LogP contribution in [0.15, 0.2) is 18.2 Å². The lowest BCUT2D eigenvalue weighted by Gasteiger charge is -2.29. The molecule has 1 aliphatic heterocycles. The predicted molar refractivity (Wildman–Crippen MR) is 105 cm³/mol. The van der Waals surface area contributed by atoms with Gasteiger partial charge in [-0.3, -0.25) is 9.59 Å². The maximum Gasteiger partial charge on any atom is 0.340 e. The number of carbonyl (C=O) groups is 3. The van der Waals surface area contributed by atoms with Crippen LogP contribution in [0.4, 0.5) is 11.4 Å². The lowest BCUT2D eigenvalue weighted by atomic mass is 10.1. The second-order valence-electron chi connectivity index (χ2n) is 6.86. The minimum absolute atomic E-state index is 0.0401. The Morgan fingerprint density at radius 3 is 2.54 bits per heavy atom. The molecule has 0 radical (unpaired) electrons. The quantitative estimate of drug-likeness (QED) is 0.572. The van der Waals surface area contributed by atoms with Crippen LogP contribution in [0.2, 0.25) is 0 Å². The standard InChI is InChI=1S/C19H28N4O5/c1-12(2)17(20)18(25)21-11-16(24)22-15-5-4-13(10-14(15)19(26)27-3)23-6-8-28-9-7-23/h4-5,10,12,17H,6-9,11,20H2,1-3H3,(H,21,25)(H,22,24)/t17-/m0/s1. The zero-order valence-corrected chi connectivity index (χ0v) is 16.5. The highest BCUT2D eigenvalue weighted by Gasteiger charge is 2.20. The van der Waals surface area contributed by atoms with Crippen LogP contribution in [0.5, 0.6) is 0 Å². The number of hydrogen-bond acceptors (Lipinski definition) is 7. The molecule has 0 unspecified atom stereocenters. The van der Waals surface area contributed by atoms with E-state index in [1.807, 2.05) is 19.9 Å². The van der Waals surface area contributed by atoms with Gasteiger partial charge in [0.1, 0.15) is 0 Å². The summed E-state index contributed by atoms with van der Waals surface area (Å²) in [5, 5.41) is 5.14. The number of anilines is 2. The molecular weight excluding hydrogens is 364 g/mol. The van der Waals surface area contributed by atoms with Crippen molar-refractivity contribution in [2.45, 2.75) is 19.9 Å². The van der Waals surface area contributed by atoms with Crippen molar-refractivity contribution in [3.63, 3.8) is 0 Å². The zero-order chi connectivity index (χ0) is 20.7. The molecule has 2 amide bonds. The van der Waals surface area contributed by atoms with E-state index < -0.39 is 23.8 Å². The monoisotopic (exact) mass is 392 g/mol. The van der Waals surface area contributed by atoms with Crippen LogP contribution in [0.3, 0.4) is 0 Å². The van der Waals surface area contributed by atoms with Gasteiger partial charge in [-0.2, -0.15) is 0 Å². The largest absolute Gasteiger partial charge is 0.465 e. The van der Waals surface area contributed by atoms with Crippen LogP contribution >= 0.6 is 0 Å². The maximum atomic E-state index is 12.2. The normalized spacial score (nSPS) is 15.1. The third kappa shape index (κ3) is 5.67. The summed E-state index contributed by atoms with van der Waals surface area (Å²) in [5.41, 5.74) is 7.15. The topological polar surface area (TPSA) is 123 Å². The van der Waals surface area contributed by atoms with Crippen molar-refractivity contribution in [2.24, 2.45) is 11.7 Å². The van der Waals surface area contributed by atoms with E-state index in [1.165, 1.54) is 7.11 Å². The second-order valence-corrected chi connectivity index (χ2v) is 6.86. The van der Waals surface area contributed by atoms with Crippen LogP contribution in [0.1, 0.15) is 24.2 Å². The van der Waals surface area contributed by atoms with E-state index >= 15 is 0 Å². The molecule has 0 spiro atoms. The Hall–Kier alpha value is -2.65. The van der Waals surface area contributed by atoms with Crippen LogP contribution in [0.25, 0.3) is 0 Å². The van der Waals surface area contributed by atoms with E-state index in [9.17, 15) is 14.4 Å². The number of nitrogens with one attached hydrogen (secondary N) is 2. The van der Waals surface area contributed by atoms with E-state index in [0.717, 1.165) is 5.69 Å². The molecule has 28 heavy (non-hydrogen) atoms. The van der Waals surface area contributed by atoms with Gasteiger partial charge in [0.15, 0.2) is 0 Å². The van der Waals surface area contributed by atoms with Crippen LogP contribution in [0, 0.1) is 5.92 Å². The fourth-order valence-electron chi connectivity index (χ4n) is 2.72. The highest BCUT2D eigenvalue weighted by Crippen LogP contribution is 2.25. The first kappa shape index (κ1) is 21.6. The molecule has 0 aliphatic carbocycles. The molecule has 0 aromatic heterocycles. The molecule has 154 valence electrons. The van der Waals surface area contributed by atoms with Gasteiger partial charge in [0.25, 0.3) is 0 Å². The van der Waals surface area contributed by atoms with E-state index in [2.05, 4.69) is 15.5 Å². The molecule has 2 rings (SSSR count). The van der Waals surface area contributed by atoms with Gasteiger partial charge < -0.3 is 30.7 Å². The van der Waals surface area contributed by atoms with Crippen molar-refractivity contribution in [1.82, 2.24) is 5.32 Å². The summed E-state index contributed by atoms with van der Waals surface area (Å²) in [6.07, 6.45) is 0. The summed E-state index contributed by atoms with van der Waals surface area (Å²) in [6, 6.07) is 4.46. The lowest BCUT2D eigenvalue weighted by Crippen LogP contribution is -2.46. The fourth-order valence-corrected chi connectivity index (χ4v) is 2.72. The van der Waals surface area contributed by atoms with Crippen molar-refractivity contribution in [3.05, 3.63) is 23.8 Å². The van der Waals surface area contributed by atoms with Gasteiger partial charge in [-0.1, -0.05) is 13.8 Å². The molecule has 1 atom stereocenters. The summed E-state index contributed by atoms with van der Waals surface area (Å²) >= 11 is 0. The Kier molecular flexibility index (Phi) is 7.77. The average Bonchev–Trinajstić information content (AvgIpc) is 2.71. The van der Waals surface area contributed by atoms with E-state index in [-0.39, 0.29) is 18.0 Å². The first-order valence-corrected chi connectivity index (χ1v) is 9.21. The number of carbonyl (C=O) groups excluding carboxylic acids is 3. The smallest absolute Gasteiger partial charge is 0.340 e. The van der Waals surface area contributed by atoms with Crippen molar-refractivity contribution in [2.75, 3.05) is 50.2 Å². The number of rotatable bonds is 7. The van der Waals surface area contributed by atoms with Gasteiger partial charge >= 0.3 is 5.97 Å². The number of nitrogens with zero attached hydrogens (tertiary/aromatic N) is 1. The van der Waals surface area contributed by atoms with Gasteiger partial charge in [-0.25, -0.2) is 4.79 Å². The van der Waals surface area contributed by atoms with Gasteiger partial charge in [0.05, 0.1) is 44.2 Å². The highest BCUT2D eigenvalue weighted by atomic mass is 16.5.